The molecule has 0 aromatic carbocycles. The number of aryl methyl sites for hydroxylation is 2. The van der Waals surface area contributed by atoms with Crippen LogP contribution in [0.1, 0.15) is 51.4 Å². The first-order valence-corrected chi connectivity index (χ1v) is 7.49. The van der Waals surface area contributed by atoms with E-state index in [-0.39, 0.29) is 16.7 Å². The van der Waals surface area contributed by atoms with Crippen molar-refractivity contribution in [3.63, 3.8) is 0 Å². The van der Waals surface area contributed by atoms with Crippen LogP contribution in [0.3, 0.4) is 0 Å². The molecule has 0 spiro atoms. The second-order valence-electron chi connectivity index (χ2n) is 5.11. The van der Waals surface area contributed by atoms with Gasteiger partial charge in [-0.3, -0.25) is 14.8 Å². The summed E-state index contributed by atoms with van der Waals surface area (Å²) in [5.74, 6) is 0. The molecular weight excluding hydrogens is 256 g/mol. The van der Waals surface area contributed by atoms with Gasteiger partial charge in [0, 0.05) is 19.0 Å². The standard InChI is InChI=1S/C14H26N4O2/c1-5-8-12(15-7-3)10-13-14(18(19)20)11(4)16-17(13)9-6-2/h12,15H,5-10H2,1-4H3. The highest BCUT2D eigenvalue weighted by Gasteiger charge is 2.26. The fourth-order valence-electron chi connectivity index (χ4n) is 2.60. The molecule has 0 aliphatic carbocycles. The van der Waals surface area contributed by atoms with Crippen molar-refractivity contribution in [2.75, 3.05) is 6.54 Å². The van der Waals surface area contributed by atoms with Gasteiger partial charge in [-0.2, -0.15) is 5.10 Å². The Kier molecular flexibility index (Phi) is 6.64. The summed E-state index contributed by atoms with van der Waals surface area (Å²) in [6.07, 6.45) is 3.66. The Labute approximate surface area is 120 Å². The van der Waals surface area contributed by atoms with Crippen LogP contribution >= 0.6 is 0 Å². The Morgan fingerprint density at radius 3 is 2.55 bits per heavy atom. The fraction of sp³-hybridized carbons (Fsp3) is 0.786. The molecule has 1 aromatic heterocycles. The van der Waals surface area contributed by atoms with E-state index < -0.39 is 0 Å². The minimum absolute atomic E-state index is 0.192. The molecule has 0 radical (unpaired) electrons. The van der Waals surface area contributed by atoms with Gasteiger partial charge in [0.1, 0.15) is 11.4 Å². The summed E-state index contributed by atoms with van der Waals surface area (Å²) in [4.78, 5) is 11.0. The Hall–Kier alpha value is -1.43. The van der Waals surface area contributed by atoms with Gasteiger partial charge in [0.25, 0.3) is 0 Å². The van der Waals surface area contributed by atoms with Gasteiger partial charge >= 0.3 is 5.69 Å². The number of rotatable bonds is 9. The molecule has 1 atom stereocenters. The molecular formula is C14H26N4O2. The van der Waals surface area contributed by atoms with Crippen molar-refractivity contribution in [1.82, 2.24) is 15.1 Å². The van der Waals surface area contributed by atoms with Crippen LogP contribution in [-0.4, -0.2) is 27.3 Å². The van der Waals surface area contributed by atoms with Gasteiger partial charge in [0.2, 0.25) is 0 Å². The third-order valence-electron chi connectivity index (χ3n) is 3.39. The minimum Gasteiger partial charge on any atom is -0.314 e. The molecule has 20 heavy (non-hydrogen) atoms. The van der Waals surface area contributed by atoms with Gasteiger partial charge < -0.3 is 5.32 Å². The van der Waals surface area contributed by atoms with Crippen molar-refractivity contribution in [3.8, 4) is 0 Å². The highest BCUT2D eigenvalue weighted by atomic mass is 16.6. The molecule has 114 valence electrons. The summed E-state index contributed by atoms with van der Waals surface area (Å²) in [6.45, 7) is 9.57. The lowest BCUT2D eigenvalue weighted by molar-refractivity contribution is -0.386. The van der Waals surface area contributed by atoms with E-state index in [1.54, 1.807) is 6.92 Å². The van der Waals surface area contributed by atoms with Crippen LogP contribution in [0.2, 0.25) is 0 Å². The molecule has 1 unspecified atom stereocenters. The summed E-state index contributed by atoms with van der Waals surface area (Å²) in [5, 5.41) is 19.0. The summed E-state index contributed by atoms with van der Waals surface area (Å²) in [7, 11) is 0. The molecule has 0 fully saturated rings. The van der Waals surface area contributed by atoms with E-state index in [1.807, 2.05) is 4.68 Å². The maximum absolute atomic E-state index is 11.3. The van der Waals surface area contributed by atoms with Gasteiger partial charge in [-0.15, -0.1) is 0 Å². The van der Waals surface area contributed by atoms with Crippen molar-refractivity contribution >= 4 is 5.69 Å². The second-order valence-corrected chi connectivity index (χ2v) is 5.11. The van der Waals surface area contributed by atoms with Gasteiger partial charge in [0.05, 0.1) is 4.92 Å². The van der Waals surface area contributed by atoms with Crippen molar-refractivity contribution < 1.29 is 4.92 Å². The quantitative estimate of drug-likeness (QED) is 0.558. The molecule has 1 rings (SSSR count). The van der Waals surface area contributed by atoms with Gasteiger partial charge in [-0.1, -0.05) is 27.2 Å². The highest BCUT2D eigenvalue weighted by Crippen LogP contribution is 2.25. The third kappa shape index (κ3) is 4.03. The summed E-state index contributed by atoms with van der Waals surface area (Å²) in [6, 6.07) is 0.274. The van der Waals surface area contributed by atoms with E-state index in [0.717, 1.165) is 38.0 Å². The topological polar surface area (TPSA) is 73.0 Å². The van der Waals surface area contributed by atoms with Crippen LogP contribution in [-0.2, 0) is 13.0 Å². The molecule has 0 aliphatic rings. The normalized spacial score (nSPS) is 12.6. The summed E-state index contributed by atoms with van der Waals surface area (Å²) in [5.41, 5.74) is 1.47. The maximum Gasteiger partial charge on any atom is 0.313 e. The van der Waals surface area contributed by atoms with E-state index in [1.165, 1.54) is 0 Å². The molecule has 6 nitrogen and oxygen atoms in total. The predicted molar refractivity (Wildman–Crippen MR) is 80.0 cm³/mol. The van der Waals surface area contributed by atoms with E-state index in [2.05, 4.69) is 31.2 Å². The number of nitro groups is 1. The Morgan fingerprint density at radius 2 is 2.05 bits per heavy atom. The molecule has 0 aliphatic heterocycles. The molecule has 6 heteroatoms. The number of aromatic nitrogens is 2. The summed E-state index contributed by atoms with van der Waals surface area (Å²) < 4.78 is 1.81. The Balaban J connectivity index is 3.08. The number of nitrogens with one attached hydrogen (secondary N) is 1. The van der Waals surface area contributed by atoms with E-state index in [9.17, 15) is 10.1 Å². The number of nitrogens with zero attached hydrogens (tertiary/aromatic N) is 3. The third-order valence-corrected chi connectivity index (χ3v) is 3.39. The SMILES string of the molecule is CCCC(Cc1c([N+](=O)[O-])c(C)nn1CCC)NCC. The molecule has 1 N–H and O–H groups in total. The molecule has 1 aromatic rings. The zero-order valence-electron chi connectivity index (χ0n) is 13.0. The first kappa shape index (κ1) is 16.6. The van der Waals surface area contributed by atoms with Crippen LogP contribution in [0.15, 0.2) is 0 Å². The van der Waals surface area contributed by atoms with Crippen molar-refractivity contribution in [1.29, 1.82) is 0 Å². The monoisotopic (exact) mass is 282 g/mol. The van der Waals surface area contributed by atoms with E-state index in [0.29, 0.717) is 12.1 Å². The Morgan fingerprint density at radius 1 is 1.35 bits per heavy atom. The van der Waals surface area contributed by atoms with Crippen LogP contribution in [0.25, 0.3) is 0 Å². The minimum atomic E-state index is -0.293. The van der Waals surface area contributed by atoms with Crippen LogP contribution in [0, 0.1) is 17.0 Å². The molecule has 0 saturated heterocycles. The maximum atomic E-state index is 11.3. The van der Waals surface area contributed by atoms with Gasteiger partial charge in [-0.05, 0) is 26.3 Å². The number of hydrogen-bond acceptors (Lipinski definition) is 4. The zero-order valence-corrected chi connectivity index (χ0v) is 13.0. The lowest BCUT2D eigenvalue weighted by Crippen LogP contribution is -2.31. The summed E-state index contributed by atoms with van der Waals surface area (Å²) >= 11 is 0. The lowest BCUT2D eigenvalue weighted by atomic mass is 10.0. The zero-order chi connectivity index (χ0) is 15.1. The predicted octanol–water partition coefficient (Wildman–Crippen LogP) is 2.83. The van der Waals surface area contributed by atoms with Gasteiger partial charge in [-0.25, -0.2) is 0 Å². The fourth-order valence-corrected chi connectivity index (χ4v) is 2.60. The number of likely N-dealkylation sites (N-methyl/N-ethyl adjacent to an activating group) is 1. The van der Waals surface area contributed by atoms with Crippen LogP contribution in [0.4, 0.5) is 5.69 Å². The molecule has 0 bridgehead atoms. The number of hydrogen-bond donors (Lipinski definition) is 1. The average molecular weight is 282 g/mol. The van der Waals surface area contributed by atoms with Gasteiger partial charge in [0.15, 0.2) is 0 Å². The lowest BCUT2D eigenvalue weighted by Gasteiger charge is -2.17. The largest absolute Gasteiger partial charge is 0.314 e. The van der Waals surface area contributed by atoms with Crippen molar-refractivity contribution in [2.45, 2.75) is 66.0 Å². The first-order valence-electron chi connectivity index (χ1n) is 7.49. The van der Waals surface area contributed by atoms with E-state index >= 15 is 0 Å². The second kappa shape index (κ2) is 7.99. The Bertz CT molecular complexity index is 437. The molecule has 0 saturated carbocycles. The molecule has 0 amide bonds. The smallest absolute Gasteiger partial charge is 0.313 e. The highest BCUT2D eigenvalue weighted by molar-refractivity contribution is 5.41. The first-order chi connectivity index (χ1) is 9.54. The van der Waals surface area contributed by atoms with Crippen molar-refractivity contribution in [2.24, 2.45) is 0 Å². The average Bonchev–Trinajstić information content (AvgIpc) is 2.67. The molecule has 1 heterocycles. The van der Waals surface area contributed by atoms with E-state index in [4.69, 9.17) is 0 Å². The van der Waals surface area contributed by atoms with Crippen LogP contribution < -0.4 is 5.32 Å². The van der Waals surface area contributed by atoms with Crippen LogP contribution in [0.5, 0.6) is 0 Å². The van der Waals surface area contributed by atoms with Crippen molar-refractivity contribution in [3.05, 3.63) is 21.5 Å².